The van der Waals surface area contributed by atoms with Gasteiger partial charge in [0.1, 0.15) is 0 Å². The molecule has 1 N–H and O–H groups in total. The fourth-order valence-electron chi connectivity index (χ4n) is 2.71. The zero-order valence-corrected chi connectivity index (χ0v) is 14.8. The maximum Gasteiger partial charge on any atom is 0.251 e. The second kappa shape index (κ2) is 8.45. The van der Waals surface area contributed by atoms with Gasteiger partial charge in [0, 0.05) is 22.6 Å². The first-order chi connectivity index (χ1) is 12.6. The van der Waals surface area contributed by atoms with Gasteiger partial charge in [-0.15, -0.1) is 0 Å². The van der Waals surface area contributed by atoms with Gasteiger partial charge in [0.15, 0.2) is 5.78 Å². The number of carbonyl (C=O) groups excluding carboxylic acids is 2. The second-order valence-corrected chi connectivity index (χ2v) is 6.37. The third-order valence-corrected chi connectivity index (χ3v) is 4.35. The number of rotatable bonds is 6. The number of amides is 1. The SMILES string of the molecule is O=C(CC(NC(=O)c1ccccc1)c1ccc(Cl)cc1)c1ccccc1. The van der Waals surface area contributed by atoms with Gasteiger partial charge in [-0.1, -0.05) is 72.3 Å². The molecular formula is C22H18ClNO2. The van der Waals surface area contributed by atoms with Crippen LogP contribution in [0.1, 0.15) is 38.7 Å². The first kappa shape index (κ1) is 17.9. The van der Waals surface area contributed by atoms with E-state index in [0.717, 1.165) is 5.56 Å². The number of carbonyl (C=O) groups is 2. The highest BCUT2D eigenvalue weighted by Crippen LogP contribution is 2.22. The molecule has 0 aromatic heterocycles. The Morgan fingerprint density at radius 2 is 1.31 bits per heavy atom. The molecule has 0 saturated heterocycles. The average Bonchev–Trinajstić information content (AvgIpc) is 2.69. The largest absolute Gasteiger partial charge is 0.345 e. The molecule has 1 atom stereocenters. The fraction of sp³-hybridized carbons (Fsp3) is 0.0909. The molecular weight excluding hydrogens is 346 g/mol. The van der Waals surface area contributed by atoms with E-state index in [1.165, 1.54) is 0 Å². The first-order valence-corrected chi connectivity index (χ1v) is 8.71. The highest BCUT2D eigenvalue weighted by atomic mass is 35.5. The van der Waals surface area contributed by atoms with Crippen molar-refractivity contribution < 1.29 is 9.59 Å². The van der Waals surface area contributed by atoms with E-state index >= 15 is 0 Å². The fourth-order valence-corrected chi connectivity index (χ4v) is 2.83. The lowest BCUT2D eigenvalue weighted by Gasteiger charge is -2.19. The summed E-state index contributed by atoms with van der Waals surface area (Å²) < 4.78 is 0. The highest BCUT2D eigenvalue weighted by molar-refractivity contribution is 6.30. The molecule has 0 aliphatic rings. The van der Waals surface area contributed by atoms with Crippen LogP contribution >= 0.6 is 11.6 Å². The molecule has 0 aliphatic carbocycles. The van der Waals surface area contributed by atoms with Crippen molar-refractivity contribution in [1.29, 1.82) is 0 Å². The second-order valence-electron chi connectivity index (χ2n) is 5.94. The minimum Gasteiger partial charge on any atom is -0.345 e. The van der Waals surface area contributed by atoms with Gasteiger partial charge in [-0.25, -0.2) is 0 Å². The van der Waals surface area contributed by atoms with E-state index in [1.54, 1.807) is 48.5 Å². The zero-order valence-electron chi connectivity index (χ0n) is 14.1. The number of halogens is 1. The smallest absolute Gasteiger partial charge is 0.251 e. The summed E-state index contributed by atoms with van der Waals surface area (Å²) in [6.45, 7) is 0. The zero-order chi connectivity index (χ0) is 18.4. The molecule has 0 aliphatic heterocycles. The van der Waals surface area contributed by atoms with Gasteiger partial charge in [0.2, 0.25) is 0 Å². The van der Waals surface area contributed by atoms with Gasteiger partial charge in [-0.2, -0.15) is 0 Å². The normalized spacial score (nSPS) is 11.6. The van der Waals surface area contributed by atoms with Crippen LogP contribution in [0, 0.1) is 0 Å². The van der Waals surface area contributed by atoms with Crippen molar-refractivity contribution in [3.05, 3.63) is 107 Å². The lowest BCUT2D eigenvalue weighted by atomic mass is 9.97. The van der Waals surface area contributed by atoms with Crippen LogP contribution < -0.4 is 5.32 Å². The predicted molar refractivity (Wildman–Crippen MR) is 103 cm³/mol. The van der Waals surface area contributed by atoms with E-state index in [9.17, 15) is 9.59 Å². The summed E-state index contributed by atoms with van der Waals surface area (Å²) in [6.07, 6.45) is 0.171. The van der Waals surface area contributed by atoms with Crippen molar-refractivity contribution in [2.45, 2.75) is 12.5 Å². The molecule has 0 bridgehead atoms. The third-order valence-electron chi connectivity index (χ3n) is 4.10. The van der Waals surface area contributed by atoms with Crippen molar-refractivity contribution in [3.63, 3.8) is 0 Å². The quantitative estimate of drug-likeness (QED) is 0.620. The third kappa shape index (κ3) is 4.58. The Labute approximate surface area is 157 Å². The van der Waals surface area contributed by atoms with Gasteiger partial charge in [0.05, 0.1) is 6.04 Å². The molecule has 0 spiro atoms. The minimum absolute atomic E-state index is 0.0288. The Bertz CT molecular complexity index is 824. The Morgan fingerprint density at radius 1 is 0.769 bits per heavy atom. The summed E-state index contributed by atoms with van der Waals surface area (Å²) in [5, 5.41) is 3.57. The number of nitrogens with one attached hydrogen (secondary N) is 1. The van der Waals surface area contributed by atoms with Gasteiger partial charge in [-0.05, 0) is 29.8 Å². The number of Topliss-reactive ketones (excluding diaryl/α,β-unsaturated/α-hetero) is 1. The molecule has 3 rings (SSSR count). The minimum atomic E-state index is -0.437. The van der Waals surface area contributed by atoms with Crippen LogP contribution in [0.4, 0.5) is 0 Å². The number of hydrogen-bond donors (Lipinski definition) is 1. The molecule has 3 nitrogen and oxygen atoms in total. The Balaban J connectivity index is 1.83. The predicted octanol–water partition coefficient (Wildman–Crippen LogP) is 5.08. The number of hydrogen-bond acceptors (Lipinski definition) is 2. The van der Waals surface area contributed by atoms with E-state index in [4.69, 9.17) is 11.6 Å². The average molecular weight is 364 g/mol. The van der Waals surface area contributed by atoms with Gasteiger partial charge in [-0.3, -0.25) is 9.59 Å². The lowest BCUT2D eigenvalue weighted by Crippen LogP contribution is -2.30. The van der Waals surface area contributed by atoms with Crippen molar-refractivity contribution in [2.75, 3.05) is 0 Å². The van der Waals surface area contributed by atoms with Gasteiger partial charge < -0.3 is 5.32 Å². The van der Waals surface area contributed by atoms with Crippen LogP contribution in [-0.2, 0) is 0 Å². The molecule has 3 aromatic rings. The highest BCUT2D eigenvalue weighted by Gasteiger charge is 2.20. The van der Waals surface area contributed by atoms with Crippen LogP contribution in [-0.4, -0.2) is 11.7 Å². The Morgan fingerprint density at radius 3 is 1.88 bits per heavy atom. The molecule has 1 unspecified atom stereocenters. The van der Waals surface area contributed by atoms with Crippen LogP contribution in [0.3, 0.4) is 0 Å². The molecule has 130 valence electrons. The molecule has 0 radical (unpaired) electrons. The Hall–Kier alpha value is -2.91. The maximum absolute atomic E-state index is 12.6. The summed E-state index contributed by atoms with van der Waals surface area (Å²) in [5.41, 5.74) is 2.02. The Kier molecular flexibility index (Phi) is 5.82. The lowest BCUT2D eigenvalue weighted by molar-refractivity contribution is 0.0912. The van der Waals surface area contributed by atoms with Crippen molar-refractivity contribution in [3.8, 4) is 0 Å². The number of ketones is 1. The van der Waals surface area contributed by atoms with E-state index in [2.05, 4.69) is 5.32 Å². The van der Waals surface area contributed by atoms with Crippen molar-refractivity contribution >= 4 is 23.3 Å². The van der Waals surface area contributed by atoms with E-state index in [0.29, 0.717) is 16.1 Å². The van der Waals surface area contributed by atoms with Crippen LogP contribution in [0.5, 0.6) is 0 Å². The maximum atomic E-state index is 12.6. The van der Waals surface area contributed by atoms with Gasteiger partial charge in [0.25, 0.3) is 5.91 Å². The summed E-state index contributed by atoms with van der Waals surface area (Å²) in [4.78, 5) is 25.2. The summed E-state index contributed by atoms with van der Waals surface area (Å²) in [6, 6.07) is 24.8. The van der Waals surface area contributed by atoms with Crippen LogP contribution in [0.25, 0.3) is 0 Å². The molecule has 3 aromatic carbocycles. The molecule has 0 saturated carbocycles. The monoisotopic (exact) mass is 363 g/mol. The summed E-state index contributed by atoms with van der Waals surface area (Å²) in [7, 11) is 0. The van der Waals surface area contributed by atoms with Crippen molar-refractivity contribution in [2.24, 2.45) is 0 Å². The van der Waals surface area contributed by atoms with Crippen LogP contribution in [0.2, 0.25) is 5.02 Å². The standard InChI is InChI=1S/C22H18ClNO2/c23-19-13-11-16(12-14-19)20(15-21(25)17-7-3-1-4-8-17)24-22(26)18-9-5-2-6-10-18/h1-14,20H,15H2,(H,24,26). The van der Waals surface area contributed by atoms with Gasteiger partial charge >= 0.3 is 0 Å². The molecule has 0 heterocycles. The van der Waals surface area contributed by atoms with E-state index in [-0.39, 0.29) is 18.1 Å². The molecule has 26 heavy (non-hydrogen) atoms. The summed E-state index contributed by atoms with van der Waals surface area (Å²) >= 11 is 5.97. The van der Waals surface area contributed by atoms with Crippen LogP contribution in [0.15, 0.2) is 84.9 Å². The molecule has 4 heteroatoms. The first-order valence-electron chi connectivity index (χ1n) is 8.33. The molecule has 0 fully saturated rings. The van der Waals surface area contributed by atoms with Crippen molar-refractivity contribution in [1.82, 2.24) is 5.32 Å². The topological polar surface area (TPSA) is 46.2 Å². The summed E-state index contributed by atoms with van der Waals surface area (Å²) in [5.74, 6) is -0.245. The van der Waals surface area contributed by atoms with E-state index in [1.807, 2.05) is 36.4 Å². The molecule has 1 amide bonds. The van der Waals surface area contributed by atoms with E-state index < -0.39 is 6.04 Å². The number of benzene rings is 3.